The molecule has 2 heterocycles. The van der Waals surface area contributed by atoms with Crippen molar-refractivity contribution in [3.8, 4) is 0 Å². The summed E-state index contributed by atoms with van der Waals surface area (Å²) in [6, 6.07) is 17.9. The van der Waals surface area contributed by atoms with Gasteiger partial charge in [0.1, 0.15) is 0 Å². The van der Waals surface area contributed by atoms with Gasteiger partial charge in [0.2, 0.25) is 0 Å². The highest BCUT2D eigenvalue weighted by atomic mass is 35.5. The van der Waals surface area contributed by atoms with E-state index in [9.17, 15) is 4.79 Å². The molecule has 1 aliphatic heterocycles. The van der Waals surface area contributed by atoms with Gasteiger partial charge in [0, 0.05) is 17.1 Å². The van der Waals surface area contributed by atoms with E-state index < -0.39 is 0 Å². The van der Waals surface area contributed by atoms with Gasteiger partial charge in [0.15, 0.2) is 5.69 Å². The summed E-state index contributed by atoms with van der Waals surface area (Å²) in [5, 5.41) is 17.9. The van der Waals surface area contributed by atoms with Crippen molar-refractivity contribution in [2.75, 3.05) is 23.7 Å². The van der Waals surface area contributed by atoms with Crippen LogP contribution in [0, 0.1) is 6.92 Å². The van der Waals surface area contributed by atoms with Crippen molar-refractivity contribution < 1.29 is 4.79 Å². The fourth-order valence-electron chi connectivity index (χ4n) is 3.46. The highest BCUT2D eigenvalue weighted by molar-refractivity contribution is 6.03. The Morgan fingerprint density at radius 1 is 1.00 bits per heavy atom. The third-order valence-corrected chi connectivity index (χ3v) is 5.00. The van der Waals surface area contributed by atoms with Gasteiger partial charge in [-0.3, -0.25) is 4.79 Å². The molecule has 3 aromatic rings. The molecule has 152 valence electrons. The molecular weight excluding hydrogens is 388 g/mol. The lowest BCUT2D eigenvalue weighted by Gasteiger charge is -2.23. The summed E-state index contributed by atoms with van der Waals surface area (Å²) in [5.41, 5.74) is 3.89. The Morgan fingerprint density at radius 3 is 2.31 bits per heavy atom. The van der Waals surface area contributed by atoms with E-state index in [0.717, 1.165) is 48.7 Å². The number of rotatable bonds is 5. The number of piperidine rings is 1. The number of carbonyl (C=O) groups excluding carboxylic acids is 1. The van der Waals surface area contributed by atoms with E-state index in [1.165, 1.54) is 0 Å². The van der Waals surface area contributed by atoms with Crippen LogP contribution in [0.25, 0.3) is 0 Å². The van der Waals surface area contributed by atoms with Crippen molar-refractivity contribution in [3.63, 3.8) is 0 Å². The van der Waals surface area contributed by atoms with E-state index >= 15 is 0 Å². The maximum atomic E-state index is 12.7. The SMILES string of the molecule is Cc1c(C(=O)Nc2ccc(Nc3ccccc3)cc2)nnn1C1CCNCC1.Cl. The number of aromatic nitrogens is 3. The minimum absolute atomic E-state index is 0. The van der Waals surface area contributed by atoms with Crippen molar-refractivity contribution in [2.45, 2.75) is 25.8 Å². The van der Waals surface area contributed by atoms with E-state index in [0.29, 0.717) is 11.7 Å². The molecule has 0 saturated carbocycles. The van der Waals surface area contributed by atoms with Crippen LogP contribution >= 0.6 is 12.4 Å². The highest BCUT2D eigenvalue weighted by Gasteiger charge is 2.22. The summed E-state index contributed by atoms with van der Waals surface area (Å²) in [5.74, 6) is -0.235. The molecule has 0 bridgehead atoms. The van der Waals surface area contributed by atoms with Crippen LogP contribution in [0.4, 0.5) is 17.1 Å². The quantitative estimate of drug-likeness (QED) is 0.591. The minimum Gasteiger partial charge on any atom is -0.356 e. The molecule has 0 spiro atoms. The molecule has 1 saturated heterocycles. The van der Waals surface area contributed by atoms with Crippen molar-refractivity contribution in [1.82, 2.24) is 20.3 Å². The van der Waals surface area contributed by atoms with E-state index in [1.54, 1.807) is 0 Å². The molecule has 1 aliphatic rings. The Labute approximate surface area is 176 Å². The molecule has 1 fully saturated rings. The van der Waals surface area contributed by atoms with Crippen LogP contribution in [-0.4, -0.2) is 34.0 Å². The van der Waals surface area contributed by atoms with Crippen molar-refractivity contribution in [2.24, 2.45) is 0 Å². The zero-order valence-corrected chi connectivity index (χ0v) is 17.1. The molecule has 0 aliphatic carbocycles. The average molecular weight is 413 g/mol. The number of nitrogens with one attached hydrogen (secondary N) is 3. The predicted molar refractivity (Wildman–Crippen MR) is 117 cm³/mol. The van der Waals surface area contributed by atoms with Crippen LogP contribution in [-0.2, 0) is 0 Å². The Kier molecular flexibility index (Phi) is 6.85. The van der Waals surface area contributed by atoms with Gasteiger partial charge in [-0.15, -0.1) is 17.5 Å². The molecule has 3 N–H and O–H groups in total. The first kappa shape index (κ1) is 20.8. The lowest BCUT2D eigenvalue weighted by Crippen LogP contribution is -2.30. The number of amides is 1. The van der Waals surface area contributed by atoms with E-state index in [2.05, 4.69) is 26.3 Å². The predicted octanol–water partition coefficient (Wildman–Crippen LogP) is 3.93. The van der Waals surface area contributed by atoms with Crippen LogP contribution < -0.4 is 16.0 Å². The van der Waals surface area contributed by atoms with Crippen LogP contribution in [0.3, 0.4) is 0 Å². The summed E-state index contributed by atoms with van der Waals surface area (Å²) in [7, 11) is 0. The maximum absolute atomic E-state index is 12.7. The Hall–Kier alpha value is -2.90. The fourth-order valence-corrected chi connectivity index (χ4v) is 3.46. The van der Waals surface area contributed by atoms with Crippen LogP contribution in [0.15, 0.2) is 54.6 Å². The zero-order chi connectivity index (χ0) is 19.3. The van der Waals surface area contributed by atoms with Crippen LogP contribution in [0.1, 0.15) is 35.1 Å². The van der Waals surface area contributed by atoms with Crippen LogP contribution in [0.2, 0.25) is 0 Å². The summed E-state index contributed by atoms with van der Waals surface area (Å²) < 4.78 is 1.89. The first-order valence-corrected chi connectivity index (χ1v) is 9.57. The van der Waals surface area contributed by atoms with Crippen molar-refractivity contribution >= 4 is 35.4 Å². The van der Waals surface area contributed by atoms with Gasteiger partial charge in [-0.1, -0.05) is 23.4 Å². The van der Waals surface area contributed by atoms with Gasteiger partial charge in [-0.25, -0.2) is 4.68 Å². The molecule has 29 heavy (non-hydrogen) atoms. The summed E-state index contributed by atoms with van der Waals surface area (Å²) in [4.78, 5) is 12.7. The molecule has 0 atom stereocenters. The first-order valence-electron chi connectivity index (χ1n) is 9.57. The summed E-state index contributed by atoms with van der Waals surface area (Å²) in [6.45, 7) is 3.84. The molecule has 0 unspecified atom stereocenters. The van der Waals surface area contributed by atoms with Gasteiger partial charge >= 0.3 is 0 Å². The third-order valence-electron chi connectivity index (χ3n) is 5.00. The van der Waals surface area contributed by atoms with Crippen molar-refractivity contribution in [3.05, 3.63) is 66.0 Å². The second-order valence-corrected chi connectivity index (χ2v) is 6.97. The normalized spacial score (nSPS) is 14.1. The number of anilines is 3. The van der Waals surface area contributed by atoms with Crippen molar-refractivity contribution in [1.29, 1.82) is 0 Å². The number of carbonyl (C=O) groups is 1. The van der Waals surface area contributed by atoms with Crippen LogP contribution in [0.5, 0.6) is 0 Å². The maximum Gasteiger partial charge on any atom is 0.278 e. The largest absolute Gasteiger partial charge is 0.356 e. The van der Waals surface area contributed by atoms with E-state index in [-0.39, 0.29) is 18.3 Å². The van der Waals surface area contributed by atoms with Gasteiger partial charge in [-0.05, 0) is 69.3 Å². The second kappa shape index (κ2) is 9.54. The number of nitrogens with zero attached hydrogens (tertiary/aromatic N) is 3. The molecular formula is C21H25ClN6O. The molecule has 1 amide bonds. The van der Waals surface area contributed by atoms with Gasteiger partial charge in [0.05, 0.1) is 11.7 Å². The Balaban J connectivity index is 0.00000240. The Morgan fingerprint density at radius 2 is 1.62 bits per heavy atom. The topological polar surface area (TPSA) is 83.9 Å². The fraction of sp³-hybridized carbons (Fsp3) is 0.286. The molecule has 1 aromatic heterocycles. The average Bonchev–Trinajstić information content (AvgIpc) is 3.12. The lowest BCUT2D eigenvalue weighted by atomic mass is 10.1. The monoisotopic (exact) mass is 412 g/mol. The van der Waals surface area contributed by atoms with Gasteiger partial charge < -0.3 is 16.0 Å². The number of halogens is 1. The van der Waals surface area contributed by atoms with E-state index in [4.69, 9.17) is 0 Å². The minimum atomic E-state index is -0.235. The standard InChI is InChI=1S/C21H24N6O.ClH/c1-15-20(25-26-27(15)19-11-13-22-14-12-19)21(28)24-18-9-7-17(8-10-18)23-16-5-3-2-4-6-16;/h2-10,19,22-23H,11-14H2,1H3,(H,24,28);1H. The van der Waals surface area contributed by atoms with Gasteiger partial charge in [-0.2, -0.15) is 0 Å². The zero-order valence-electron chi connectivity index (χ0n) is 16.3. The summed E-state index contributed by atoms with van der Waals surface area (Å²) >= 11 is 0. The summed E-state index contributed by atoms with van der Waals surface area (Å²) in [6.07, 6.45) is 2.00. The molecule has 0 radical (unpaired) electrons. The van der Waals surface area contributed by atoms with Gasteiger partial charge in [0.25, 0.3) is 5.91 Å². The number of hydrogen-bond acceptors (Lipinski definition) is 5. The van der Waals surface area contributed by atoms with E-state index in [1.807, 2.05) is 66.2 Å². The highest BCUT2D eigenvalue weighted by Crippen LogP contribution is 2.22. The molecule has 7 nitrogen and oxygen atoms in total. The Bertz CT molecular complexity index is 936. The first-order chi connectivity index (χ1) is 13.7. The number of hydrogen-bond donors (Lipinski definition) is 3. The smallest absolute Gasteiger partial charge is 0.278 e. The lowest BCUT2D eigenvalue weighted by molar-refractivity contribution is 0.102. The number of para-hydroxylation sites is 1. The molecule has 2 aromatic carbocycles. The molecule has 4 rings (SSSR count). The number of benzene rings is 2. The molecule has 8 heteroatoms. The second-order valence-electron chi connectivity index (χ2n) is 6.97. The third kappa shape index (κ3) is 4.93.